The first-order valence-electron chi connectivity index (χ1n) is 6.33. The van der Waals surface area contributed by atoms with Crippen LogP contribution in [-0.2, 0) is 4.79 Å². The second-order valence-corrected chi connectivity index (χ2v) is 4.90. The Bertz CT molecular complexity index is 463. The lowest BCUT2D eigenvalue weighted by Gasteiger charge is -2.01. The van der Waals surface area contributed by atoms with Gasteiger partial charge in [-0.15, -0.1) is 0 Å². The highest BCUT2D eigenvalue weighted by Gasteiger charge is 1.96. The lowest BCUT2D eigenvalue weighted by molar-refractivity contribution is -0.120. The molecule has 0 fully saturated rings. The molecule has 1 N–H and O–H groups in total. The van der Waals surface area contributed by atoms with Crippen LogP contribution in [-0.4, -0.2) is 19.1 Å². The Morgan fingerprint density at radius 1 is 1.42 bits per heavy atom. The fourth-order valence-corrected chi connectivity index (χ4v) is 1.74. The molecule has 0 saturated heterocycles. The molecule has 0 saturated carbocycles. The van der Waals surface area contributed by atoms with Gasteiger partial charge in [-0.1, -0.05) is 47.2 Å². The molecule has 19 heavy (non-hydrogen) atoms. The van der Waals surface area contributed by atoms with Gasteiger partial charge in [-0.05, 0) is 24.6 Å². The van der Waals surface area contributed by atoms with Gasteiger partial charge >= 0.3 is 0 Å². The van der Waals surface area contributed by atoms with Gasteiger partial charge in [0.1, 0.15) is 12.4 Å². The van der Waals surface area contributed by atoms with Gasteiger partial charge in [0.15, 0.2) is 0 Å². The summed E-state index contributed by atoms with van der Waals surface area (Å²) in [6.45, 7) is 2.76. The van der Waals surface area contributed by atoms with Gasteiger partial charge in [-0.2, -0.15) is 0 Å². The Balaban J connectivity index is 2.16. The number of ether oxygens (including phenoxy) is 1. The fourth-order valence-electron chi connectivity index (χ4n) is 1.36. The number of benzene rings is 1. The number of halogens is 1. The van der Waals surface area contributed by atoms with Gasteiger partial charge in [0.2, 0.25) is 5.91 Å². The third-order valence-electron chi connectivity index (χ3n) is 2.36. The largest absolute Gasteiger partial charge is 0.481 e. The first kappa shape index (κ1) is 15.6. The van der Waals surface area contributed by atoms with E-state index in [9.17, 15) is 4.79 Å². The average Bonchev–Trinajstić information content (AvgIpc) is 2.40. The van der Waals surface area contributed by atoms with Crippen molar-refractivity contribution in [2.45, 2.75) is 26.2 Å². The summed E-state index contributed by atoms with van der Waals surface area (Å²) in [5.74, 6) is 6.55. The number of carbonyl (C=O) groups is 1. The van der Waals surface area contributed by atoms with E-state index in [0.29, 0.717) is 19.6 Å². The van der Waals surface area contributed by atoms with Gasteiger partial charge < -0.3 is 10.1 Å². The number of carbonyl (C=O) groups excluding carboxylic acids is 1. The molecule has 1 aromatic carbocycles. The molecular formula is C15H18BrNO2. The van der Waals surface area contributed by atoms with Crippen LogP contribution in [0.2, 0.25) is 0 Å². The Labute approximate surface area is 122 Å². The smallest absolute Gasteiger partial charge is 0.220 e. The standard InChI is InChI=1S/C15H18BrNO2/c1-2-3-9-15(18)17-10-4-5-11-19-14-8-6-7-13(16)12-14/h6-8,12H,2-3,9-11H2,1H3,(H,17,18). The molecular weight excluding hydrogens is 306 g/mol. The quantitative estimate of drug-likeness (QED) is 0.817. The third-order valence-corrected chi connectivity index (χ3v) is 2.86. The van der Waals surface area contributed by atoms with Crippen LogP contribution in [0, 0.1) is 11.8 Å². The molecule has 0 aromatic heterocycles. The predicted octanol–water partition coefficient (Wildman–Crippen LogP) is 3.14. The van der Waals surface area contributed by atoms with Crippen LogP contribution in [0.1, 0.15) is 26.2 Å². The van der Waals surface area contributed by atoms with Gasteiger partial charge in [-0.25, -0.2) is 0 Å². The number of rotatable bonds is 6. The van der Waals surface area contributed by atoms with Crippen molar-refractivity contribution < 1.29 is 9.53 Å². The van der Waals surface area contributed by atoms with Crippen molar-refractivity contribution >= 4 is 21.8 Å². The summed E-state index contributed by atoms with van der Waals surface area (Å²) < 4.78 is 6.42. The van der Waals surface area contributed by atoms with Crippen molar-refractivity contribution in [3.05, 3.63) is 28.7 Å². The Morgan fingerprint density at radius 2 is 2.26 bits per heavy atom. The highest BCUT2D eigenvalue weighted by atomic mass is 79.9. The average molecular weight is 324 g/mol. The third kappa shape index (κ3) is 7.53. The van der Waals surface area contributed by atoms with Gasteiger partial charge in [0, 0.05) is 10.9 Å². The molecule has 1 rings (SSSR count). The van der Waals surface area contributed by atoms with Crippen LogP contribution in [0.5, 0.6) is 5.75 Å². The summed E-state index contributed by atoms with van der Waals surface area (Å²) in [5.41, 5.74) is 0. The van der Waals surface area contributed by atoms with E-state index in [-0.39, 0.29) is 5.91 Å². The molecule has 0 spiro atoms. The lowest BCUT2D eigenvalue weighted by Crippen LogP contribution is -2.23. The molecule has 4 heteroatoms. The van der Waals surface area contributed by atoms with Gasteiger partial charge in [0.25, 0.3) is 0 Å². The van der Waals surface area contributed by atoms with E-state index in [4.69, 9.17) is 4.74 Å². The Hall–Kier alpha value is -1.47. The van der Waals surface area contributed by atoms with E-state index < -0.39 is 0 Å². The SMILES string of the molecule is CCCCC(=O)NCC#CCOc1cccc(Br)c1. The Kier molecular flexibility index (Phi) is 7.76. The summed E-state index contributed by atoms with van der Waals surface area (Å²) in [4.78, 5) is 11.3. The molecule has 0 atom stereocenters. The van der Waals surface area contributed by atoms with Crippen LogP contribution >= 0.6 is 15.9 Å². The minimum atomic E-state index is 0.0593. The maximum atomic E-state index is 11.3. The van der Waals surface area contributed by atoms with Crippen LogP contribution in [0.15, 0.2) is 28.7 Å². The zero-order valence-electron chi connectivity index (χ0n) is 11.0. The first-order valence-corrected chi connectivity index (χ1v) is 7.12. The summed E-state index contributed by atoms with van der Waals surface area (Å²) in [5, 5.41) is 2.75. The number of amides is 1. The monoisotopic (exact) mass is 323 g/mol. The minimum absolute atomic E-state index is 0.0593. The molecule has 102 valence electrons. The fraction of sp³-hybridized carbons (Fsp3) is 0.400. The summed E-state index contributed by atoms with van der Waals surface area (Å²) in [6, 6.07) is 7.60. The molecule has 0 aliphatic carbocycles. The van der Waals surface area contributed by atoms with Crippen molar-refractivity contribution in [2.24, 2.45) is 0 Å². The molecule has 3 nitrogen and oxygen atoms in total. The van der Waals surface area contributed by atoms with Crippen molar-refractivity contribution in [3.63, 3.8) is 0 Å². The van der Waals surface area contributed by atoms with E-state index in [1.165, 1.54) is 0 Å². The molecule has 1 amide bonds. The number of nitrogens with one attached hydrogen (secondary N) is 1. The minimum Gasteiger partial charge on any atom is -0.481 e. The second kappa shape index (κ2) is 9.46. The molecule has 0 aliphatic rings. The highest BCUT2D eigenvalue weighted by Crippen LogP contribution is 2.17. The van der Waals surface area contributed by atoms with Crippen LogP contribution in [0.25, 0.3) is 0 Å². The van der Waals surface area contributed by atoms with E-state index >= 15 is 0 Å². The summed E-state index contributed by atoms with van der Waals surface area (Å²) >= 11 is 3.37. The summed E-state index contributed by atoms with van der Waals surface area (Å²) in [7, 11) is 0. The molecule has 0 heterocycles. The van der Waals surface area contributed by atoms with Crippen LogP contribution < -0.4 is 10.1 Å². The topological polar surface area (TPSA) is 38.3 Å². The lowest BCUT2D eigenvalue weighted by atomic mass is 10.2. The zero-order chi connectivity index (χ0) is 13.9. The predicted molar refractivity (Wildman–Crippen MR) is 79.9 cm³/mol. The normalized spacial score (nSPS) is 9.37. The zero-order valence-corrected chi connectivity index (χ0v) is 12.6. The van der Waals surface area contributed by atoms with E-state index in [0.717, 1.165) is 23.1 Å². The maximum absolute atomic E-state index is 11.3. The first-order chi connectivity index (χ1) is 9.22. The molecule has 0 bridgehead atoms. The van der Waals surface area contributed by atoms with Gasteiger partial charge in [-0.3, -0.25) is 4.79 Å². The highest BCUT2D eigenvalue weighted by molar-refractivity contribution is 9.10. The number of hydrogen-bond acceptors (Lipinski definition) is 2. The van der Waals surface area contributed by atoms with E-state index in [2.05, 4.69) is 40.0 Å². The molecule has 0 aliphatic heterocycles. The van der Waals surface area contributed by atoms with Crippen molar-refractivity contribution in [1.29, 1.82) is 0 Å². The van der Waals surface area contributed by atoms with E-state index in [1.807, 2.05) is 24.3 Å². The van der Waals surface area contributed by atoms with Crippen LogP contribution in [0.4, 0.5) is 0 Å². The number of hydrogen-bond donors (Lipinski definition) is 1. The van der Waals surface area contributed by atoms with E-state index in [1.54, 1.807) is 0 Å². The van der Waals surface area contributed by atoms with Gasteiger partial charge in [0.05, 0.1) is 6.54 Å². The van der Waals surface area contributed by atoms with Crippen molar-refractivity contribution in [1.82, 2.24) is 5.32 Å². The molecule has 1 aromatic rings. The Morgan fingerprint density at radius 3 is 3.00 bits per heavy atom. The van der Waals surface area contributed by atoms with Crippen LogP contribution in [0.3, 0.4) is 0 Å². The van der Waals surface area contributed by atoms with Crippen molar-refractivity contribution in [2.75, 3.05) is 13.2 Å². The molecule has 0 radical (unpaired) electrons. The second-order valence-electron chi connectivity index (χ2n) is 3.98. The van der Waals surface area contributed by atoms with Crippen molar-refractivity contribution in [3.8, 4) is 17.6 Å². The number of unbranched alkanes of at least 4 members (excludes halogenated alkanes) is 1. The summed E-state index contributed by atoms with van der Waals surface area (Å²) in [6.07, 6.45) is 2.53. The maximum Gasteiger partial charge on any atom is 0.220 e. The molecule has 0 unspecified atom stereocenters.